The highest BCUT2D eigenvalue weighted by molar-refractivity contribution is 7.99. The van der Waals surface area contributed by atoms with Crippen molar-refractivity contribution in [2.75, 3.05) is 25.4 Å². The van der Waals surface area contributed by atoms with Crippen LogP contribution in [-0.2, 0) is 11.3 Å². The number of aryl methyl sites for hydroxylation is 1. The Kier molecular flexibility index (Phi) is 8.42. The van der Waals surface area contributed by atoms with Gasteiger partial charge < -0.3 is 9.84 Å². The van der Waals surface area contributed by atoms with E-state index in [4.69, 9.17) is 16.1 Å². The lowest BCUT2D eigenvalue weighted by atomic mass is 9.97. The number of nitrogens with zero attached hydrogens (tertiary/aromatic N) is 3. The SMILES string of the molecule is Cc1ccccc1-c1noc(CN2CCCC(C(=O)NCCCSc3ccc(Cl)cc3)C2)n1. The van der Waals surface area contributed by atoms with E-state index in [0.717, 1.165) is 47.7 Å². The summed E-state index contributed by atoms with van der Waals surface area (Å²) in [4.78, 5) is 20.7. The summed E-state index contributed by atoms with van der Waals surface area (Å²) in [5.41, 5.74) is 2.10. The Morgan fingerprint density at radius 1 is 1.24 bits per heavy atom. The molecule has 1 unspecified atom stereocenters. The molecule has 0 aliphatic carbocycles. The summed E-state index contributed by atoms with van der Waals surface area (Å²) < 4.78 is 5.49. The van der Waals surface area contributed by atoms with E-state index in [1.54, 1.807) is 11.8 Å². The molecule has 2 heterocycles. The van der Waals surface area contributed by atoms with E-state index in [-0.39, 0.29) is 11.8 Å². The van der Waals surface area contributed by atoms with Crippen molar-refractivity contribution < 1.29 is 9.32 Å². The lowest BCUT2D eigenvalue weighted by molar-refractivity contribution is -0.126. The van der Waals surface area contributed by atoms with Gasteiger partial charge in [0.15, 0.2) is 0 Å². The largest absolute Gasteiger partial charge is 0.356 e. The number of halogens is 1. The van der Waals surface area contributed by atoms with E-state index in [2.05, 4.69) is 20.4 Å². The van der Waals surface area contributed by atoms with Gasteiger partial charge in [0.25, 0.3) is 0 Å². The molecular weight excluding hydrogens is 456 g/mol. The topological polar surface area (TPSA) is 71.3 Å². The van der Waals surface area contributed by atoms with Crippen molar-refractivity contribution in [1.82, 2.24) is 20.4 Å². The molecule has 8 heteroatoms. The smallest absolute Gasteiger partial charge is 0.241 e. The first-order valence-electron chi connectivity index (χ1n) is 11.4. The first kappa shape index (κ1) is 23.8. The van der Waals surface area contributed by atoms with Gasteiger partial charge >= 0.3 is 0 Å². The van der Waals surface area contributed by atoms with Crippen LogP contribution in [0.5, 0.6) is 0 Å². The molecule has 6 nitrogen and oxygen atoms in total. The van der Waals surface area contributed by atoms with Crippen LogP contribution in [-0.4, -0.2) is 46.3 Å². The summed E-state index contributed by atoms with van der Waals surface area (Å²) in [6.45, 7) is 4.95. The summed E-state index contributed by atoms with van der Waals surface area (Å²) in [7, 11) is 0. The molecule has 1 N–H and O–H groups in total. The summed E-state index contributed by atoms with van der Waals surface area (Å²) in [6, 6.07) is 15.9. The maximum absolute atomic E-state index is 12.7. The van der Waals surface area contributed by atoms with Crippen LogP contribution in [0.4, 0.5) is 0 Å². The third-order valence-electron chi connectivity index (χ3n) is 5.79. The number of nitrogens with one attached hydrogen (secondary N) is 1. The van der Waals surface area contributed by atoms with Crippen molar-refractivity contribution in [3.05, 3.63) is 65.0 Å². The summed E-state index contributed by atoms with van der Waals surface area (Å²) >= 11 is 7.70. The normalized spacial score (nSPS) is 16.6. The number of carbonyl (C=O) groups is 1. The first-order chi connectivity index (χ1) is 16.1. The van der Waals surface area contributed by atoms with Crippen molar-refractivity contribution in [1.29, 1.82) is 0 Å². The van der Waals surface area contributed by atoms with E-state index >= 15 is 0 Å². The molecule has 1 atom stereocenters. The molecular formula is C25H29ClN4O2S. The van der Waals surface area contributed by atoms with Gasteiger partial charge in [0.2, 0.25) is 17.6 Å². The lowest BCUT2D eigenvalue weighted by Gasteiger charge is -2.30. The Labute approximate surface area is 204 Å². The van der Waals surface area contributed by atoms with Crippen LogP contribution < -0.4 is 5.32 Å². The second-order valence-corrected chi connectivity index (χ2v) is 9.95. The molecule has 3 aromatic rings. The minimum Gasteiger partial charge on any atom is -0.356 e. The van der Waals surface area contributed by atoms with Gasteiger partial charge in [-0.05, 0) is 68.3 Å². The Morgan fingerprint density at radius 3 is 2.88 bits per heavy atom. The van der Waals surface area contributed by atoms with E-state index in [1.807, 2.05) is 55.5 Å². The van der Waals surface area contributed by atoms with Crippen molar-refractivity contribution >= 4 is 29.3 Å². The number of hydrogen-bond acceptors (Lipinski definition) is 6. The zero-order valence-corrected chi connectivity index (χ0v) is 20.4. The molecule has 33 heavy (non-hydrogen) atoms. The number of rotatable bonds is 9. The average Bonchev–Trinajstić information content (AvgIpc) is 3.28. The van der Waals surface area contributed by atoms with E-state index in [0.29, 0.717) is 31.3 Å². The average molecular weight is 485 g/mol. The fourth-order valence-corrected chi connectivity index (χ4v) is 4.98. The molecule has 0 spiro atoms. The highest BCUT2D eigenvalue weighted by Crippen LogP contribution is 2.23. The third kappa shape index (κ3) is 6.82. The van der Waals surface area contributed by atoms with Crippen LogP contribution in [0.25, 0.3) is 11.4 Å². The molecule has 1 aliphatic rings. The van der Waals surface area contributed by atoms with Crippen LogP contribution in [0.1, 0.15) is 30.7 Å². The number of aromatic nitrogens is 2. The molecule has 0 saturated carbocycles. The predicted octanol–water partition coefficient (Wildman–Crippen LogP) is 5.21. The van der Waals surface area contributed by atoms with Crippen LogP contribution in [0.15, 0.2) is 57.9 Å². The minimum atomic E-state index is 0.00132. The summed E-state index contributed by atoms with van der Waals surface area (Å²) in [5.74, 6) is 2.31. The molecule has 1 saturated heterocycles. The van der Waals surface area contributed by atoms with Crippen LogP contribution >= 0.6 is 23.4 Å². The quantitative estimate of drug-likeness (QED) is 0.332. The predicted molar refractivity (Wildman–Crippen MR) is 132 cm³/mol. The maximum Gasteiger partial charge on any atom is 0.241 e. The van der Waals surface area contributed by atoms with E-state index in [1.165, 1.54) is 4.90 Å². The van der Waals surface area contributed by atoms with Crippen LogP contribution in [0.2, 0.25) is 5.02 Å². The van der Waals surface area contributed by atoms with Gasteiger partial charge in [0.05, 0.1) is 12.5 Å². The van der Waals surface area contributed by atoms with Crippen molar-refractivity contribution in [3.8, 4) is 11.4 Å². The Balaban J connectivity index is 1.20. The second-order valence-electron chi connectivity index (χ2n) is 8.35. The van der Waals surface area contributed by atoms with Crippen molar-refractivity contribution in [2.24, 2.45) is 5.92 Å². The molecule has 1 aliphatic heterocycles. The Bertz CT molecular complexity index is 1060. The number of piperidine rings is 1. The van der Waals surface area contributed by atoms with Gasteiger partial charge in [0, 0.05) is 28.6 Å². The van der Waals surface area contributed by atoms with Crippen molar-refractivity contribution in [3.63, 3.8) is 0 Å². The lowest BCUT2D eigenvalue weighted by Crippen LogP contribution is -2.43. The minimum absolute atomic E-state index is 0.00132. The van der Waals surface area contributed by atoms with E-state index in [9.17, 15) is 4.79 Å². The van der Waals surface area contributed by atoms with Gasteiger partial charge in [-0.15, -0.1) is 11.8 Å². The van der Waals surface area contributed by atoms with Crippen LogP contribution in [0.3, 0.4) is 0 Å². The molecule has 4 rings (SSSR count). The molecule has 1 amide bonds. The fraction of sp³-hybridized carbons (Fsp3) is 0.400. The summed E-state index contributed by atoms with van der Waals surface area (Å²) in [6.07, 6.45) is 2.84. The van der Waals surface area contributed by atoms with E-state index < -0.39 is 0 Å². The maximum atomic E-state index is 12.7. The number of amides is 1. The Morgan fingerprint density at radius 2 is 2.06 bits per heavy atom. The zero-order valence-electron chi connectivity index (χ0n) is 18.8. The molecule has 1 fully saturated rings. The molecule has 1 aromatic heterocycles. The summed E-state index contributed by atoms with van der Waals surface area (Å²) in [5, 5.41) is 8.01. The highest BCUT2D eigenvalue weighted by atomic mass is 35.5. The zero-order chi connectivity index (χ0) is 23.0. The van der Waals surface area contributed by atoms with Gasteiger partial charge in [-0.2, -0.15) is 4.98 Å². The van der Waals surface area contributed by atoms with Gasteiger partial charge in [-0.1, -0.05) is 41.0 Å². The van der Waals surface area contributed by atoms with Gasteiger partial charge in [0.1, 0.15) is 0 Å². The third-order valence-corrected chi connectivity index (χ3v) is 7.14. The number of carbonyl (C=O) groups excluding carboxylic acids is 1. The standard InChI is InChI=1S/C25H29ClN4O2S/c1-18-6-2-3-8-22(18)24-28-23(32-29-24)17-30-14-4-7-19(16-30)25(31)27-13-5-15-33-21-11-9-20(26)10-12-21/h2-3,6,8-12,19H,4-5,7,13-17H2,1H3,(H,27,31). The van der Waals surface area contributed by atoms with Gasteiger partial charge in [-0.3, -0.25) is 9.69 Å². The highest BCUT2D eigenvalue weighted by Gasteiger charge is 2.26. The second kappa shape index (κ2) is 11.7. The molecule has 0 bridgehead atoms. The molecule has 174 valence electrons. The number of likely N-dealkylation sites (tertiary alicyclic amines) is 1. The van der Waals surface area contributed by atoms with Crippen LogP contribution in [0, 0.1) is 12.8 Å². The first-order valence-corrected chi connectivity index (χ1v) is 12.7. The monoisotopic (exact) mass is 484 g/mol. The fourth-order valence-electron chi connectivity index (χ4n) is 4.01. The number of benzene rings is 2. The number of hydrogen-bond donors (Lipinski definition) is 1. The Hall–Kier alpha value is -2.35. The molecule has 2 aromatic carbocycles. The molecule has 0 radical (unpaired) electrons. The van der Waals surface area contributed by atoms with Crippen molar-refractivity contribution in [2.45, 2.75) is 37.6 Å². The van der Waals surface area contributed by atoms with Gasteiger partial charge in [-0.25, -0.2) is 0 Å². The number of thioether (sulfide) groups is 1.